The van der Waals surface area contributed by atoms with Crippen LogP contribution >= 0.6 is 24.4 Å². The molecule has 0 saturated carbocycles. The first-order chi connectivity index (χ1) is 9.06. The van der Waals surface area contributed by atoms with Gasteiger partial charge in [0.25, 0.3) is 0 Å². The zero-order chi connectivity index (χ0) is 14.3. The summed E-state index contributed by atoms with van der Waals surface area (Å²) in [5.41, 5.74) is 1.41. The molecular formula is C11H14N4O2S2. The average molecular weight is 298 g/mol. The van der Waals surface area contributed by atoms with Crippen molar-refractivity contribution in [3.8, 4) is 0 Å². The maximum atomic E-state index is 11.0. The number of hydrogen-bond donors (Lipinski definition) is 4. The van der Waals surface area contributed by atoms with Gasteiger partial charge in [0.15, 0.2) is 10.2 Å². The third-order valence-electron chi connectivity index (χ3n) is 2.05. The number of anilines is 2. The summed E-state index contributed by atoms with van der Waals surface area (Å²) >= 11 is 10.0. The van der Waals surface area contributed by atoms with E-state index in [1.54, 1.807) is 13.1 Å². The summed E-state index contributed by atoms with van der Waals surface area (Å²) in [4.78, 5) is 11.0. The summed E-state index contributed by atoms with van der Waals surface area (Å²) in [6.07, 6.45) is -0.631. The third-order valence-corrected chi connectivity index (χ3v) is 2.56. The Kier molecular flexibility index (Phi) is 5.97. The van der Waals surface area contributed by atoms with E-state index in [4.69, 9.17) is 24.4 Å². The molecular weight excluding hydrogens is 284 g/mol. The minimum atomic E-state index is -0.631. The van der Waals surface area contributed by atoms with Crippen LogP contribution in [0.5, 0.6) is 0 Å². The number of methoxy groups -OCH3 is 1. The number of hydrogen-bond acceptors (Lipinski definition) is 4. The molecule has 102 valence electrons. The largest absolute Gasteiger partial charge is 0.453 e. The second kappa shape index (κ2) is 7.49. The molecule has 0 unspecified atom stereocenters. The van der Waals surface area contributed by atoms with Crippen LogP contribution in [-0.4, -0.2) is 30.5 Å². The normalized spacial score (nSPS) is 9.16. The molecule has 1 amide bonds. The molecule has 0 aliphatic heterocycles. The van der Waals surface area contributed by atoms with Gasteiger partial charge in [-0.15, -0.1) is 0 Å². The predicted molar refractivity (Wildman–Crippen MR) is 83.5 cm³/mol. The minimum Gasteiger partial charge on any atom is -0.453 e. The second-order valence-corrected chi connectivity index (χ2v) is 4.14. The smallest absolute Gasteiger partial charge is 0.413 e. The van der Waals surface area contributed by atoms with Crippen molar-refractivity contribution in [3.05, 3.63) is 24.3 Å². The van der Waals surface area contributed by atoms with Gasteiger partial charge in [-0.3, -0.25) is 5.32 Å². The van der Waals surface area contributed by atoms with Crippen molar-refractivity contribution in [2.24, 2.45) is 0 Å². The van der Waals surface area contributed by atoms with E-state index in [9.17, 15) is 4.79 Å². The molecule has 8 heteroatoms. The Balaban J connectivity index is 2.75. The number of alkyl carbamates (subject to hydrolysis) is 1. The number of carbonyl (C=O) groups excluding carboxylic acids is 1. The standard InChI is InChI=1S/C11H14N4O2S2/c1-12-9(18)13-7-5-3-4-6-8(7)14-10(19)15-11(16)17-2/h3-6H,1-2H3,(H2,12,13,18)(H2,14,15,16,19). The van der Waals surface area contributed by atoms with E-state index in [0.717, 1.165) is 5.69 Å². The summed E-state index contributed by atoms with van der Waals surface area (Å²) < 4.78 is 4.45. The molecule has 0 radical (unpaired) electrons. The van der Waals surface area contributed by atoms with Crippen LogP contribution in [0, 0.1) is 0 Å². The third kappa shape index (κ3) is 5.06. The number of carbonyl (C=O) groups is 1. The Bertz CT molecular complexity index is 493. The van der Waals surface area contributed by atoms with Crippen molar-refractivity contribution < 1.29 is 9.53 Å². The molecule has 0 atom stereocenters. The summed E-state index contributed by atoms with van der Waals surface area (Å²) in [5, 5.41) is 11.6. The van der Waals surface area contributed by atoms with Gasteiger partial charge in [-0.1, -0.05) is 12.1 Å². The number of thiocarbonyl (C=S) groups is 2. The van der Waals surface area contributed by atoms with Gasteiger partial charge in [0.05, 0.1) is 18.5 Å². The molecule has 0 aliphatic rings. The average Bonchev–Trinajstić information content (AvgIpc) is 2.40. The van der Waals surface area contributed by atoms with Gasteiger partial charge in [-0.25, -0.2) is 4.79 Å². The number of benzene rings is 1. The Hall–Kier alpha value is -1.93. The summed E-state index contributed by atoms with van der Waals surface area (Å²) in [6, 6.07) is 7.30. The lowest BCUT2D eigenvalue weighted by Crippen LogP contribution is -2.34. The molecule has 0 fully saturated rings. The number of nitrogens with one attached hydrogen (secondary N) is 4. The van der Waals surface area contributed by atoms with Crippen LogP contribution in [0.3, 0.4) is 0 Å². The molecule has 0 heterocycles. The molecule has 19 heavy (non-hydrogen) atoms. The Morgan fingerprint density at radius 3 is 2.11 bits per heavy atom. The second-order valence-electron chi connectivity index (χ2n) is 3.32. The Labute approximate surface area is 121 Å². The molecule has 0 spiro atoms. The molecule has 4 N–H and O–H groups in total. The topological polar surface area (TPSA) is 74.4 Å². The molecule has 0 bridgehead atoms. The highest BCUT2D eigenvalue weighted by molar-refractivity contribution is 7.80. The zero-order valence-electron chi connectivity index (χ0n) is 10.4. The quantitative estimate of drug-likeness (QED) is 0.619. The van der Waals surface area contributed by atoms with Crippen molar-refractivity contribution >= 4 is 52.1 Å². The lowest BCUT2D eigenvalue weighted by molar-refractivity contribution is 0.177. The minimum absolute atomic E-state index is 0.136. The number of ether oxygens (including phenoxy) is 1. The first-order valence-electron chi connectivity index (χ1n) is 5.30. The van der Waals surface area contributed by atoms with E-state index in [-0.39, 0.29) is 5.11 Å². The van der Waals surface area contributed by atoms with Gasteiger partial charge < -0.3 is 20.7 Å². The van der Waals surface area contributed by atoms with E-state index in [0.29, 0.717) is 10.8 Å². The van der Waals surface area contributed by atoms with Crippen molar-refractivity contribution in [1.82, 2.24) is 10.6 Å². The van der Waals surface area contributed by atoms with Crippen LogP contribution in [0.2, 0.25) is 0 Å². The number of rotatable bonds is 2. The predicted octanol–water partition coefficient (Wildman–Crippen LogP) is 1.66. The molecule has 1 rings (SSSR count). The van der Waals surface area contributed by atoms with Crippen molar-refractivity contribution in [3.63, 3.8) is 0 Å². The van der Waals surface area contributed by atoms with Crippen LogP contribution in [-0.2, 0) is 4.74 Å². The van der Waals surface area contributed by atoms with Gasteiger partial charge in [-0.05, 0) is 36.6 Å². The van der Waals surface area contributed by atoms with Crippen LogP contribution in [0.25, 0.3) is 0 Å². The SMILES string of the molecule is CNC(=S)Nc1ccccc1NC(=S)NC(=O)OC. The van der Waals surface area contributed by atoms with Crippen LogP contribution < -0.4 is 21.3 Å². The van der Waals surface area contributed by atoms with E-state index >= 15 is 0 Å². The van der Waals surface area contributed by atoms with Crippen LogP contribution in [0.15, 0.2) is 24.3 Å². The molecule has 6 nitrogen and oxygen atoms in total. The van der Waals surface area contributed by atoms with Crippen LogP contribution in [0.1, 0.15) is 0 Å². The highest BCUT2D eigenvalue weighted by Gasteiger charge is 2.07. The van der Waals surface area contributed by atoms with E-state index in [2.05, 4.69) is 26.0 Å². The Morgan fingerprint density at radius 2 is 1.63 bits per heavy atom. The molecule has 0 saturated heterocycles. The van der Waals surface area contributed by atoms with E-state index < -0.39 is 6.09 Å². The lowest BCUT2D eigenvalue weighted by Gasteiger charge is -2.14. The van der Waals surface area contributed by atoms with E-state index in [1.807, 2.05) is 18.2 Å². The van der Waals surface area contributed by atoms with Gasteiger partial charge in [-0.2, -0.15) is 0 Å². The fraction of sp³-hybridized carbons (Fsp3) is 0.182. The molecule has 0 aliphatic carbocycles. The summed E-state index contributed by atoms with van der Waals surface area (Å²) in [5.74, 6) is 0. The summed E-state index contributed by atoms with van der Waals surface area (Å²) in [7, 11) is 2.98. The fourth-order valence-corrected chi connectivity index (χ4v) is 1.49. The maximum Gasteiger partial charge on any atom is 0.413 e. The number of amides is 1. The maximum absolute atomic E-state index is 11.0. The van der Waals surface area contributed by atoms with E-state index in [1.165, 1.54) is 7.11 Å². The fourth-order valence-electron chi connectivity index (χ4n) is 1.18. The van der Waals surface area contributed by atoms with Gasteiger partial charge >= 0.3 is 6.09 Å². The lowest BCUT2D eigenvalue weighted by atomic mass is 10.2. The number of para-hydroxylation sites is 2. The van der Waals surface area contributed by atoms with Crippen LogP contribution in [0.4, 0.5) is 16.2 Å². The zero-order valence-corrected chi connectivity index (χ0v) is 12.1. The first kappa shape index (κ1) is 15.1. The van der Waals surface area contributed by atoms with Crippen molar-refractivity contribution in [1.29, 1.82) is 0 Å². The Morgan fingerprint density at radius 1 is 1.11 bits per heavy atom. The summed E-state index contributed by atoms with van der Waals surface area (Å²) in [6.45, 7) is 0. The molecule has 0 aromatic heterocycles. The van der Waals surface area contributed by atoms with Gasteiger partial charge in [0.2, 0.25) is 0 Å². The highest BCUT2D eigenvalue weighted by atomic mass is 32.1. The van der Waals surface area contributed by atoms with Gasteiger partial charge in [0.1, 0.15) is 0 Å². The van der Waals surface area contributed by atoms with Gasteiger partial charge in [0, 0.05) is 7.05 Å². The van der Waals surface area contributed by atoms with Crippen molar-refractivity contribution in [2.75, 3.05) is 24.8 Å². The highest BCUT2D eigenvalue weighted by Crippen LogP contribution is 2.20. The first-order valence-corrected chi connectivity index (χ1v) is 6.12. The van der Waals surface area contributed by atoms with Crippen molar-refractivity contribution in [2.45, 2.75) is 0 Å². The molecule has 1 aromatic rings. The monoisotopic (exact) mass is 298 g/mol. The molecule has 1 aromatic carbocycles.